The van der Waals surface area contributed by atoms with Crippen molar-refractivity contribution >= 4 is 11.8 Å². The molecule has 0 aromatic heterocycles. The average Bonchev–Trinajstić information content (AvgIpc) is 2.71. The number of nitrogens with zero attached hydrogens (tertiary/aromatic N) is 2. The number of hydrogen-bond acceptors (Lipinski definition) is 3. The van der Waals surface area contributed by atoms with Gasteiger partial charge in [0.05, 0.1) is 11.1 Å². The van der Waals surface area contributed by atoms with Crippen LogP contribution in [0.4, 0.5) is 0 Å². The largest absolute Gasteiger partial charge is 0.306 e. The maximum atomic E-state index is 12.2. The molecule has 0 spiro atoms. The van der Waals surface area contributed by atoms with E-state index in [0.717, 1.165) is 19.5 Å². The molecule has 2 heterocycles. The van der Waals surface area contributed by atoms with Crippen LogP contribution in [-0.2, 0) is 0 Å². The molecule has 4 nitrogen and oxygen atoms in total. The Morgan fingerprint density at radius 3 is 2.15 bits per heavy atom. The number of benzene rings is 1. The second kappa shape index (κ2) is 5.37. The number of likely N-dealkylation sites (tertiary alicyclic amines) is 1. The number of piperidine rings is 1. The number of carbonyl (C=O) groups excluding carboxylic acids is 2. The molecule has 0 bridgehead atoms. The summed E-state index contributed by atoms with van der Waals surface area (Å²) in [6.07, 6.45) is 3.26. The molecule has 0 aliphatic carbocycles. The summed E-state index contributed by atoms with van der Waals surface area (Å²) < 4.78 is 0. The molecular formula is C16H20N2O2. The second-order valence-electron chi connectivity index (χ2n) is 5.84. The predicted octanol–water partition coefficient (Wildman–Crippen LogP) is 2.01. The fourth-order valence-electron chi connectivity index (χ4n) is 3.10. The van der Waals surface area contributed by atoms with Gasteiger partial charge in [0.2, 0.25) is 0 Å². The third-order valence-corrected chi connectivity index (χ3v) is 4.48. The van der Waals surface area contributed by atoms with E-state index >= 15 is 0 Å². The molecule has 106 valence electrons. The molecular weight excluding hydrogens is 252 g/mol. The molecule has 0 saturated carbocycles. The smallest absolute Gasteiger partial charge is 0.261 e. The zero-order valence-electron chi connectivity index (χ0n) is 11.8. The Balaban J connectivity index is 1.62. The van der Waals surface area contributed by atoms with Gasteiger partial charge in [-0.1, -0.05) is 12.1 Å². The zero-order chi connectivity index (χ0) is 14.1. The van der Waals surface area contributed by atoms with Crippen molar-refractivity contribution in [2.75, 3.05) is 26.7 Å². The summed E-state index contributed by atoms with van der Waals surface area (Å²) in [5, 5.41) is 0. The Morgan fingerprint density at radius 2 is 1.60 bits per heavy atom. The fourth-order valence-corrected chi connectivity index (χ4v) is 3.10. The number of rotatable bonds is 3. The van der Waals surface area contributed by atoms with Gasteiger partial charge in [-0.15, -0.1) is 0 Å². The molecule has 1 aromatic rings. The minimum atomic E-state index is -0.126. The average molecular weight is 272 g/mol. The number of fused-ring (bicyclic) bond motifs is 1. The van der Waals surface area contributed by atoms with E-state index in [0.29, 0.717) is 23.6 Å². The lowest BCUT2D eigenvalue weighted by atomic mass is 9.93. The third-order valence-electron chi connectivity index (χ3n) is 4.48. The molecule has 1 saturated heterocycles. The highest BCUT2D eigenvalue weighted by atomic mass is 16.2. The Kier molecular flexibility index (Phi) is 3.57. The van der Waals surface area contributed by atoms with E-state index in [-0.39, 0.29) is 11.8 Å². The first kappa shape index (κ1) is 13.3. The summed E-state index contributed by atoms with van der Waals surface area (Å²) in [6.45, 7) is 2.79. The van der Waals surface area contributed by atoms with Crippen molar-refractivity contribution in [3.05, 3.63) is 35.4 Å². The van der Waals surface area contributed by atoms with Crippen molar-refractivity contribution < 1.29 is 9.59 Å². The number of hydrogen-bond donors (Lipinski definition) is 0. The molecule has 20 heavy (non-hydrogen) atoms. The Bertz CT molecular complexity index is 498. The highest BCUT2D eigenvalue weighted by Gasteiger charge is 2.35. The summed E-state index contributed by atoms with van der Waals surface area (Å²) >= 11 is 0. The molecule has 0 atom stereocenters. The quantitative estimate of drug-likeness (QED) is 0.790. The predicted molar refractivity (Wildman–Crippen MR) is 76.6 cm³/mol. The summed E-state index contributed by atoms with van der Waals surface area (Å²) in [5.74, 6) is 0.382. The molecule has 2 aliphatic rings. The molecule has 1 aromatic carbocycles. The summed E-state index contributed by atoms with van der Waals surface area (Å²) in [5.41, 5.74) is 1.11. The first-order chi connectivity index (χ1) is 9.66. The standard InChI is InChI=1S/C16H20N2O2/c1-17-9-6-12(7-10-17)8-11-18-15(19)13-4-2-3-5-14(13)16(18)20/h2-5,12H,6-11H2,1H3. The first-order valence-electron chi connectivity index (χ1n) is 7.30. The summed E-state index contributed by atoms with van der Waals surface area (Å²) in [4.78, 5) is 28.2. The van der Waals surface area contributed by atoms with E-state index in [1.54, 1.807) is 12.1 Å². The normalized spacial score (nSPS) is 20.6. The van der Waals surface area contributed by atoms with Gasteiger partial charge in [-0.3, -0.25) is 14.5 Å². The van der Waals surface area contributed by atoms with Crippen LogP contribution in [0.25, 0.3) is 0 Å². The van der Waals surface area contributed by atoms with Gasteiger partial charge in [0.1, 0.15) is 0 Å². The molecule has 3 rings (SSSR count). The van der Waals surface area contributed by atoms with Crippen molar-refractivity contribution in [2.24, 2.45) is 5.92 Å². The molecule has 0 N–H and O–H groups in total. The van der Waals surface area contributed by atoms with E-state index in [1.165, 1.54) is 17.7 Å². The Hall–Kier alpha value is -1.68. The van der Waals surface area contributed by atoms with Gasteiger partial charge >= 0.3 is 0 Å². The maximum absolute atomic E-state index is 12.2. The van der Waals surface area contributed by atoms with E-state index in [4.69, 9.17) is 0 Å². The van der Waals surface area contributed by atoms with Crippen LogP contribution in [-0.4, -0.2) is 48.3 Å². The molecule has 2 aliphatic heterocycles. The van der Waals surface area contributed by atoms with Crippen molar-refractivity contribution in [3.8, 4) is 0 Å². The van der Waals surface area contributed by atoms with E-state index in [1.807, 2.05) is 12.1 Å². The highest BCUT2D eigenvalue weighted by molar-refractivity contribution is 6.21. The third kappa shape index (κ3) is 2.36. The Labute approximate surface area is 119 Å². The van der Waals surface area contributed by atoms with Crippen LogP contribution in [0.15, 0.2) is 24.3 Å². The fraction of sp³-hybridized carbons (Fsp3) is 0.500. The van der Waals surface area contributed by atoms with E-state index in [2.05, 4.69) is 11.9 Å². The van der Waals surface area contributed by atoms with Crippen LogP contribution in [0.1, 0.15) is 40.0 Å². The second-order valence-corrected chi connectivity index (χ2v) is 5.84. The number of imide groups is 1. The van der Waals surface area contributed by atoms with Crippen LogP contribution in [0.5, 0.6) is 0 Å². The van der Waals surface area contributed by atoms with E-state index in [9.17, 15) is 9.59 Å². The Morgan fingerprint density at radius 1 is 1.05 bits per heavy atom. The molecule has 1 fully saturated rings. The number of amides is 2. The minimum Gasteiger partial charge on any atom is -0.306 e. The lowest BCUT2D eigenvalue weighted by Crippen LogP contribution is -2.35. The summed E-state index contributed by atoms with van der Waals surface area (Å²) in [7, 11) is 2.14. The van der Waals surface area contributed by atoms with Crippen LogP contribution in [0.2, 0.25) is 0 Å². The van der Waals surface area contributed by atoms with Crippen molar-refractivity contribution in [1.82, 2.24) is 9.80 Å². The van der Waals surface area contributed by atoms with Crippen molar-refractivity contribution in [2.45, 2.75) is 19.3 Å². The lowest BCUT2D eigenvalue weighted by Gasteiger charge is -2.29. The van der Waals surface area contributed by atoms with Crippen LogP contribution in [0.3, 0.4) is 0 Å². The zero-order valence-corrected chi connectivity index (χ0v) is 11.8. The maximum Gasteiger partial charge on any atom is 0.261 e. The molecule has 0 radical (unpaired) electrons. The van der Waals surface area contributed by atoms with Crippen LogP contribution < -0.4 is 0 Å². The van der Waals surface area contributed by atoms with Crippen molar-refractivity contribution in [1.29, 1.82) is 0 Å². The lowest BCUT2D eigenvalue weighted by molar-refractivity contribution is 0.0638. The minimum absolute atomic E-state index is 0.126. The van der Waals surface area contributed by atoms with Crippen molar-refractivity contribution in [3.63, 3.8) is 0 Å². The molecule has 4 heteroatoms. The van der Waals surface area contributed by atoms with Crippen LogP contribution >= 0.6 is 0 Å². The molecule has 2 amide bonds. The van der Waals surface area contributed by atoms with Gasteiger partial charge in [-0.25, -0.2) is 0 Å². The van der Waals surface area contributed by atoms with Gasteiger partial charge in [0, 0.05) is 6.54 Å². The van der Waals surface area contributed by atoms with Gasteiger partial charge in [0.15, 0.2) is 0 Å². The topological polar surface area (TPSA) is 40.6 Å². The van der Waals surface area contributed by atoms with Gasteiger partial charge in [0.25, 0.3) is 11.8 Å². The SMILES string of the molecule is CN1CCC(CCN2C(=O)c3ccccc3C2=O)CC1. The highest BCUT2D eigenvalue weighted by Crippen LogP contribution is 2.25. The summed E-state index contributed by atoms with van der Waals surface area (Å²) in [6, 6.07) is 7.10. The van der Waals surface area contributed by atoms with Gasteiger partial charge in [-0.2, -0.15) is 0 Å². The van der Waals surface area contributed by atoms with E-state index < -0.39 is 0 Å². The first-order valence-corrected chi connectivity index (χ1v) is 7.30. The van der Waals surface area contributed by atoms with Gasteiger partial charge in [-0.05, 0) is 57.5 Å². The number of carbonyl (C=O) groups is 2. The van der Waals surface area contributed by atoms with Gasteiger partial charge < -0.3 is 4.90 Å². The van der Waals surface area contributed by atoms with Crippen LogP contribution in [0, 0.1) is 5.92 Å². The monoisotopic (exact) mass is 272 g/mol. The molecule has 0 unspecified atom stereocenters.